The molecule has 1 unspecified atom stereocenters. The van der Waals surface area contributed by atoms with Gasteiger partial charge in [0.25, 0.3) is 0 Å². The van der Waals surface area contributed by atoms with Crippen LogP contribution in [0, 0.1) is 0 Å². The molecule has 0 saturated carbocycles. The van der Waals surface area contributed by atoms with Gasteiger partial charge in [0.15, 0.2) is 0 Å². The quantitative estimate of drug-likeness (QED) is 0.431. The van der Waals surface area contributed by atoms with Crippen molar-refractivity contribution >= 4 is 33.2 Å². The molecule has 1 amide bonds. The number of hydroxylamine groups is 1. The number of halogens is 4. The lowest BCUT2D eigenvalue weighted by Gasteiger charge is -2.39. The van der Waals surface area contributed by atoms with Gasteiger partial charge in [0.05, 0.1) is 17.0 Å². The fourth-order valence-corrected chi connectivity index (χ4v) is 4.64. The average molecular weight is 565 g/mol. The number of nitrogens with zero attached hydrogens (tertiary/aromatic N) is 3. The van der Waals surface area contributed by atoms with Crippen LogP contribution in [0.2, 0.25) is 5.02 Å². The van der Waals surface area contributed by atoms with E-state index in [1.54, 1.807) is 6.07 Å². The largest absolute Gasteiger partial charge is 0.573 e. The Hall–Kier alpha value is -2.58. The number of hydrogen-bond donors (Lipinski definition) is 2. The maximum absolute atomic E-state index is 12.8. The Balaban J connectivity index is 1.72. The van der Waals surface area contributed by atoms with Crippen molar-refractivity contribution in [1.29, 1.82) is 0 Å². The minimum absolute atomic E-state index is 0.0103. The number of hydrogen-bond acceptors (Lipinski definition) is 7. The van der Waals surface area contributed by atoms with E-state index >= 15 is 0 Å². The highest BCUT2D eigenvalue weighted by Gasteiger charge is 2.33. The lowest BCUT2D eigenvalue weighted by molar-refractivity contribution is -0.274. The van der Waals surface area contributed by atoms with Gasteiger partial charge in [0.1, 0.15) is 11.9 Å². The molecule has 1 aliphatic heterocycles. The number of likely N-dealkylation sites (tertiary alicyclic amines) is 1. The minimum Gasteiger partial charge on any atom is -0.405 e. The first-order valence-electron chi connectivity index (χ1n) is 11.4. The summed E-state index contributed by atoms with van der Waals surface area (Å²) in [6.07, 6.45) is -2.63. The van der Waals surface area contributed by atoms with E-state index in [-0.39, 0.29) is 29.5 Å². The molecule has 1 atom stereocenters. The number of para-hydroxylation sites is 1. The first kappa shape index (κ1) is 29.0. The number of ether oxygens (including phenoxy) is 1. The Bertz CT molecular complexity index is 1220. The molecule has 2 N–H and O–H groups in total. The van der Waals surface area contributed by atoms with Crippen LogP contribution in [-0.4, -0.2) is 72.8 Å². The van der Waals surface area contributed by atoms with Crippen molar-refractivity contribution in [2.45, 2.75) is 38.2 Å². The van der Waals surface area contributed by atoms with Gasteiger partial charge in [-0.3, -0.25) is 15.4 Å². The van der Waals surface area contributed by atoms with Crippen molar-refractivity contribution in [2.24, 2.45) is 0 Å². The first-order chi connectivity index (χ1) is 17.3. The Morgan fingerprint density at radius 2 is 1.92 bits per heavy atom. The second-order valence-corrected chi connectivity index (χ2v) is 11.1. The monoisotopic (exact) mass is 564 g/mol. The van der Waals surface area contributed by atoms with Gasteiger partial charge in [-0.05, 0) is 37.5 Å². The third-order valence-corrected chi connectivity index (χ3v) is 7.52. The standard InChI is InChI=1S/C23H28ClF3N4O5S/c1-29(37(2,34)35)14-12-22(32)30-13-6-5-9-21(30)31(33)28-16-10-11-17(19(24)15-16)18-7-3-4-8-20(18)36-23(25,26)27/h3-4,7-8,10-11,15,21,28,33H,5-6,9,12-14H2,1-2H3. The van der Waals surface area contributed by atoms with Gasteiger partial charge in [-0.2, -0.15) is 0 Å². The van der Waals surface area contributed by atoms with Crippen LogP contribution < -0.4 is 10.2 Å². The highest BCUT2D eigenvalue weighted by molar-refractivity contribution is 7.88. The molecule has 1 heterocycles. The summed E-state index contributed by atoms with van der Waals surface area (Å²) in [6, 6.07) is 10.0. The van der Waals surface area contributed by atoms with E-state index in [1.165, 1.54) is 48.3 Å². The maximum atomic E-state index is 12.8. The molecule has 204 valence electrons. The van der Waals surface area contributed by atoms with Crippen molar-refractivity contribution in [3.05, 3.63) is 47.5 Å². The van der Waals surface area contributed by atoms with Crippen molar-refractivity contribution < 1.29 is 36.3 Å². The lowest BCUT2D eigenvalue weighted by atomic mass is 10.0. The summed E-state index contributed by atoms with van der Waals surface area (Å²) in [5.41, 5.74) is 3.52. The van der Waals surface area contributed by atoms with E-state index in [9.17, 15) is 31.6 Å². The maximum Gasteiger partial charge on any atom is 0.573 e. The summed E-state index contributed by atoms with van der Waals surface area (Å²) >= 11 is 6.37. The lowest BCUT2D eigenvalue weighted by Crippen LogP contribution is -2.54. The molecule has 2 aromatic carbocycles. The number of piperidine rings is 1. The molecule has 14 heteroatoms. The summed E-state index contributed by atoms with van der Waals surface area (Å²) in [4.78, 5) is 14.3. The molecule has 9 nitrogen and oxygen atoms in total. The second kappa shape index (κ2) is 11.9. The normalized spacial score (nSPS) is 16.8. The fraction of sp³-hybridized carbons (Fsp3) is 0.435. The summed E-state index contributed by atoms with van der Waals surface area (Å²) in [7, 11) is -2.04. The second-order valence-electron chi connectivity index (χ2n) is 8.59. The van der Waals surface area contributed by atoms with Crippen molar-refractivity contribution in [3.8, 4) is 16.9 Å². The van der Waals surface area contributed by atoms with E-state index in [0.717, 1.165) is 28.6 Å². The molecule has 3 rings (SSSR count). The zero-order valence-corrected chi connectivity index (χ0v) is 21.8. The van der Waals surface area contributed by atoms with Crippen LogP contribution in [0.5, 0.6) is 5.75 Å². The number of carbonyl (C=O) groups is 1. The van der Waals surface area contributed by atoms with Crippen molar-refractivity contribution in [3.63, 3.8) is 0 Å². The predicted octanol–water partition coefficient (Wildman–Crippen LogP) is 4.54. The highest BCUT2D eigenvalue weighted by Crippen LogP contribution is 2.38. The SMILES string of the molecule is CN(CCC(=O)N1CCCCC1N(O)Nc1ccc(-c2ccccc2OC(F)(F)F)c(Cl)c1)S(C)(=O)=O. The Kier molecular flexibility index (Phi) is 9.29. The summed E-state index contributed by atoms with van der Waals surface area (Å²) < 4.78 is 66.8. The zero-order valence-electron chi connectivity index (χ0n) is 20.2. The molecule has 1 fully saturated rings. The minimum atomic E-state index is -4.87. The summed E-state index contributed by atoms with van der Waals surface area (Å²) in [6.45, 7) is 0.400. The number of amides is 1. The molecule has 0 radical (unpaired) electrons. The van der Waals surface area contributed by atoms with Gasteiger partial charge in [0, 0.05) is 37.7 Å². The smallest absolute Gasteiger partial charge is 0.405 e. The third kappa shape index (κ3) is 7.95. The number of hydrazine groups is 1. The average Bonchev–Trinajstić information content (AvgIpc) is 2.81. The molecule has 1 saturated heterocycles. The van der Waals surface area contributed by atoms with E-state index in [1.807, 2.05) is 0 Å². The topological polar surface area (TPSA) is 102 Å². The van der Waals surface area contributed by atoms with E-state index < -0.39 is 28.3 Å². The van der Waals surface area contributed by atoms with Gasteiger partial charge >= 0.3 is 6.36 Å². The fourth-order valence-electron chi connectivity index (χ4n) is 3.93. The number of benzene rings is 2. The van der Waals surface area contributed by atoms with Crippen molar-refractivity contribution in [1.82, 2.24) is 14.4 Å². The predicted molar refractivity (Wildman–Crippen MR) is 132 cm³/mol. The van der Waals surface area contributed by atoms with Crippen LogP contribution in [0.25, 0.3) is 11.1 Å². The number of carbonyl (C=O) groups excluding carboxylic acids is 1. The van der Waals surface area contributed by atoms with Gasteiger partial charge in [-0.25, -0.2) is 12.7 Å². The molecule has 0 bridgehead atoms. The molecule has 0 aliphatic carbocycles. The Morgan fingerprint density at radius 1 is 1.22 bits per heavy atom. The van der Waals surface area contributed by atoms with Gasteiger partial charge in [0.2, 0.25) is 15.9 Å². The molecule has 37 heavy (non-hydrogen) atoms. The van der Waals surface area contributed by atoms with Crippen LogP contribution in [-0.2, 0) is 14.8 Å². The molecular weight excluding hydrogens is 537 g/mol. The van der Waals surface area contributed by atoms with Crippen LogP contribution in [0.1, 0.15) is 25.7 Å². The van der Waals surface area contributed by atoms with Crippen LogP contribution in [0.3, 0.4) is 0 Å². The Morgan fingerprint density at radius 3 is 2.57 bits per heavy atom. The number of rotatable bonds is 9. The van der Waals surface area contributed by atoms with E-state index in [2.05, 4.69) is 10.2 Å². The molecular formula is C23H28ClF3N4O5S. The number of anilines is 1. The third-order valence-electron chi connectivity index (χ3n) is 5.90. The highest BCUT2D eigenvalue weighted by atomic mass is 35.5. The Labute approximate surface area is 218 Å². The molecule has 2 aromatic rings. The van der Waals surface area contributed by atoms with Crippen LogP contribution in [0.15, 0.2) is 42.5 Å². The van der Waals surface area contributed by atoms with Gasteiger partial charge < -0.3 is 9.64 Å². The molecule has 0 aromatic heterocycles. The summed E-state index contributed by atoms with van der Waals surface area (Å²) in [5, 5.41) is 11.6. The van der Waals surface area contributed by atoms with Crippen LogP contribution >= 0.6 is 11.6 Å². The molecule has 1 aliphatic rings. The molecule has 0 spiro atoms. The van der Waals surface area contributed by atoms with Gasteiger partial charge in [-0.15, -0.1) is 13.2 Å². The first-order valence-corrected chi connectivity index (χ1v) is 13.6. The van der Waals surface area contributed by atoms with Crippen molar-refractivity contribution in [2.75, 3.05) is 31.8 Å². The van der Waals surface area contributed by atoms with E-state index in [4.69, 9.17) is 11.6 Å². The number of nitrogens with one attached hydrogen (secondary N) is 1. The summed E-state index contributed by atoms with van der Waals surface area (Å²) in [5.74, 6) is -0.713. The van der Waals surface area contributed by atoms with E-state index in [0.29, 0.717) is 24.2 Å². The number of sulfonamides is 1. The van der Waals surface area contributed by atoms with Crippen LogP contribution in [0.4, 0.5) is 18.9 Å². The number of alkyl halides is 3. The zero-order chi connectivity index (χ0) is 27.4. The van der Waals surface area contributed by atoms with Gasteiger partial charge in [-0.1, -0.05) is 41.0 Å².